The molecule has 0 aromatic heterocycles. The van der Waals surface area contributed by atoms with Crippen LogP contribution in [-0.2, 0) is 28.4 Å². The Morgan fingerprint density at radius 2 is 1.41 bits per heavy atom. The summed E-state index contributed by atoms with van der Waals surface area (Å²) in [4.78, 5) is 0. The number of ether oxygens (including phenoxy) is 6. The van der Waals surface area contributed by atoms with E-state index in [9.17, 15) is 0 Å². The van der Waals surface area contributed by atoms with Gasteiger partial charge in [0.15, 0.2) is 12.6 Å². The van der Waals surface area contributed by atoms with Crippen LogP contribution in [-0.4, -0.2) is 43.4 Å². The molecule has 4 fully saturated rings. The van der Waals surface area contributed by atoms with Crippen molar-refractivity contribution in [2.75, 3.05) is 13.2 Å². The van der Waals surface area contributed by atoms with Crippen LogP contribution in [0.4, 0.5) is 0 Å². The second-order valence-corrected chi connectivity index (χ2v) is 7.33. The molecule has 2 bridgehead atoms. The van der Waals surface area contributed by atoms with E-state index in [1.54, 1.807) is 0 Å². The number of benzene rings is 2. The lowest BCUT2D eigenvalue weighted by atomic mass is 9.94. The highest BCUT2D eigenvalue weighted by atomic mass is 16.8. The molecular formula is C21H20O6. The Bertz CT molecular complexity index is 814. The summed E-state index contributed by atoms with van der Waals surface area (Å²) in [5.41, 5.74) is 1.95. The molecule has 27 heavy (non-hydrogen) atoms. The summed E-state index contributed by atoms with van der Waals surface area (Å²) in [6.45, 7) is 0.752. The van der Waals surface area contributed by atoms with E-state index in [0.717, 1.165) is 11.1 Å². The van der Waals surface area contributed by atoms with Gasteiger partial charge in [-0.2, -0.15) is 0 Å². The first-order valence-electron chi connectivity index (χ1n) is 9.32. The van der Waals surface area contributed by atoms with Gasteiger partial charge in [-0.1, -0.05) is 60.7 Å². The fourth-order valence-electron chi connectivity index (χ4n) is 4.38. The molecule has 4 heterocycles. The van der Waals surface area contributed by atoms with E-state index >= 15 is 0 Å². The first-order valence-corrected chi connectivity index (χ1v) is 9.32. The Morgan fingerprint density at radius 1 is 0.741 bits per heavy atom. The molecular weight excluding hydrogens is 348 g/mol. The van der Waals surface area contributed by atoms with E-state index in [4.69, 9.17) is 28.4 Å². The van der Waals surface area contributed by atoms with E-state index in [1.165, 1.54) is 0 Å². The maximum absolute atomic E-state index is 6.32. The fraction of sp³-hybridized carbons (Fsp3) is 0.429. The fourth-order valence-corrected chi connectivity index (χ4v) is 4.38. The summed E-state index contributed by atoms with van der Waals surface area (Å²) in [5, 5.41) is 0. The zero-order valence-corrected chi connectivity index (χ0v) is 14.6. The Morgan fingerprint density at radius 3 is 2.15 bits per heavy atom. The predicted octanol–water partition coefficient (Wildman–Crippen LogP) is 2.71. The van der Waals surface area contributed by atoms with Crippen LogP contribution in [0, 0.1) is 0 Å². The zero-order chi connectivity index (χ0) is 17.8. The maximum atomic E-state index is 6.32. The van der Waals surface area contributed by atoms with Crippen LogP contribution in [0.2, 0.25) is 0 Å². The van der Waals surface area contributed by atoms with Gasteiger partial charge in [0.1, 0.15) is 31.0 Å². The van der Waals surface area contributed by atoms with Crippen molar-refractivity contribution < 1.29 is 28.4 Å². The van der Waals surface area contributed by atoms with Crippen molar-refractivity contribution in [2.24, 2.45) is 0 Å². The zero-order valence-electron chi connectivity index (χ0n) is 14.6. The van der Waals surface area contributed by atoms with Gasteiger partial charge < -0.3 is 28.4 Å². The smallest absolute Gasteiger partial charge is 0.222 e. The average Bonchev–Trinajstić information content (AvgIpc) is 3.34. The first-order chi connectivity index (χ1) is 13.3. The summed E-state index contributed by atoms with van der Waals surface area (Å²) in [7, 11) is 0. The molecule has 0 aliphatic carbocycles. The van der Waals surface area contributed by atoms with Crippen molar-refractivity contribution in [3.63, 3.8) is 0 Å². The van der Waals surface area contributed by atoms with Crippen molar-refractivity contribution in [1.82, 2.24) is 0 Å². The molecule has 7 atom stereocenters. The molecule has 2 aromatic rings. The van der Waals surface area contributed by atoms with Crippen molar-refractivity contribution in [3.8, 4) is 0 Å². The van der Waals surface area contributed by atoms with Gasteiger partial charge in [0.25, 0.3) is 0 Å². The van der Waals surface area contributed by atoms with Gasteiger partial charge in [-0.05, 0) is 0 Å². The molecule has 4 aliphatic rings. The minimum absolute atomic E-state index is 0.180. The molecule has 2 aromatic carbocycles. The van der Waals surface area contributed by atoms with Crippen molar-refractivity contribution in [3.05, 3.63) is 71.8 Å². The van der Waals surface area contributed by atoms with Crippen LogP contribution in [0.3, 0.4) is 0 Å². The van der Waals surface area contributed by atoms with Gasteiger partial charge in [0, 0.05) is 11.1 Å². The summed E-state index contributed by atoms with van der Waals surface area (Å²) in [6, 6.07) is 19.8. The van der Waals surface area contributed by atoms with Crippen molar-refractivity contribution >= 4 is 0 Å². The van der Waals surface area contributed by atoms with Gasteiger partial charge >= 0.3 is 0 Å². The molecule has 0 radical (unpaired) electrons. The summed E-state index contributed by atoms with van der Waals surface area (Å²) in [6.07, 6.45) is -2.01. The molecule has 4 saturated heterocycles. The molecule has 6 rings (SSSR count). The predicted molar refractivity (Wildman–Crippen MR) is 92.5 cm³/mol. The molecule has 140 valence electrons. The Hall–Kier alpha value is -1.80. The normalized spacial score (nSPS) is 42.5. The van der Waals surface area contributed by atoms with E-state index in [1.807, 2.05) is 60.7 Å². The molecule has 4 aliphatic heterocycles. The van der Waals surface area contributed by atoms with E-state index in [0.29, 0.717) is 13.2 Å². The molecule has 0 saturated carbocycles. The lowest BCUT2D eigenvalue weighted by Crippen LogP contribution is -2.64. The highest BCUT2D eigenvalue weighted by Gasteiger charge is 2.67. The quantitative estimate of drug-likeness (QED) is 0.813. The standard InChI is InChI=1S/C21H20O6/c1-3-7-13(8-4-1)19-22-12-21-18(26-19)17-16(15(27-21)11-23-21)24-20(25-17)14-9-5-2-6-10-14/h1-10,15-20H,11-12H2. The molecule has 0 amide bonds. The SMILES string of the molecule is c1ccc(C2OC3C4COC5(COC(c6ccccc6)OC5C3O2)O4)cc1. The molecule has 0 N–H and O–H groups in total. The lowest BCUT2D eigenvalue weighted by Gasteiger charge is -2.47. The second kappa shape index (κ2) is 6.10. The topological polar surface area (TPSA) is 55.4 Å². The molecule has 6 heteroatoms. The van der Waals surface area contributed by atoms with Gasteiger partial charge in [-0.15, -0.1) is 0 Å². The summed E-state index contributed by atoms with van der Waals surface area (Å²) in [5.74, 6) is -0.925. The van der Waals surface area contributed by atoms with Crippen LogP contribution < -0.4 is 0 Å². The van der Waals surface area contributed by atoms with Crippen LogP contribution >= 0.6 is 0 Å². The highest BCUT2D eigenvalue weighted by molar-refractivity contribution is 5.20. The Balaban J connectivity index is 1.31. The maximum Gasteiger partial charge on any atom is 0.222 e. The third-order valence-electron chi connectivity index (χ3n) is 5.68. The number of fused-ring (bicyclic) bond motifs is 4. The van der Waals surface area contributed by atoms with Crippen LogP contribution in [0.5, 0.6) is 0 Å². The van der Waals surface area contributed by atoms with Gasteiger partial charge in [0.2, 0.25) is 5.79 Å². The van der Waals surface area contributed by atoms with Crippen LogP contribution in [0.25, 0.3) is 0 Å². The summed E-state index contributed by atoms with van der Waals surface area (Å²) < 4.78 is 37.0. The van der Waals surface area contributed by atoms with Gasteiger partial charge in [-0.25, -0.2) is 0 Å². The molecule has 7 unspecified atom stereocenters. The highest BCUT2D eigenvalue weighted by Crippen LogP contribution is 2.50. The van der Waals surface area contributed by atoms with Gasteiger partial charge in [0.05, 0.1) is 6.61 Å². The van der Waals surface area contributed by atoms with Crippen LogP contribution in [0.15, 0.2) is 60.7 Å². The number of hydrogen-bond acceptors (Lipinski definition) is 6. The average molecular weight is 368 g/mol. The third kappa shape index (κ3) is 2.49. The largest absolute Gasteiger partial charge is 0.343 e. The monoisotopic (exact) mass is 368 g/mol. The third-order valence-corrected chi connectivity index (χ3v) is 5.68. The second-order valence-electron chi connectivity index (χ2n) is 7.33. The van der Waals surface area contributed by atoms with E-state index in [-0.39, 0.29) is 18.3 Å². The Labute approximate surface area is 156 Å². The number of rotatable bonds is 2. The van der Waals surface area contributed by atoms with E-state index in [2.05, 4.69) is 0 Å². The van der Waals surface area contributed by atoms with E-state index < -0.39 is 24.5 Å². The minimum Gasteiger partial charge on any atom is -0.343 e. The van der Waals surface area contributed by atoms with Crippen molar-refractivity contribution in [2.45, 2.75) is 42.8 Å². The molecule has 6 nitrogen and oxygen atoms in total. The first kappa shape index (κ1) is 16.2. The summed E-state index contributed by atoms with van der Waals surface area (Å²) >= 11 is 0. The minimum atomic E-state index is -0.925. The van der Waals surface area contributed by atoms with Crippen molar-refractivity contribution in [1.29, 1.82) is 0 Å². The Kier molecular flexibility index (Phi) is 3.66. The molecule has 1 spiro atoms. The lowest BCUT2D eigenvalue weighted by molar-refractivity contribution is -0.385. The number of hydrogen-bond donors (Lipinski definition) is 0. The van der Waals surface area contributed by atoms with Gasteiger partial charge in [-0.3, -0.25) is 0 Å². The van der Waals surface area contributed by atoms with Crippen LogP contribution in [0.1, 0.15) is 23.7 Å².